The lowest BCUT2D eigenvalue weighted by Gasteiger charge is -2.29. The first kappa shape index (κ1) is 25.0. The summed E-state index contributed by atoms with van der Waals surface area (Å²) in [7, 11) is 0. The zero-order valence-corrected chi connectivity index (χ0v) is 21.5. The number of carbonyl (C=O) groups excluding carboxylic acids is 1. The van der Waals surface area contributed by atoms with Crippen LogP contribution in [0.25, 0.3) is 22.0 Å². The molecule has 1 N–H and O–H groups in total. The number of alkyl halides is 1. The normalized spacial score (nSPS) is 14.2. The zero-order chi connectivity index (χ0) is 25.9. The molecule has 0 spiro atoms. The van der Waals surface area contributed by atoms with Crippen molar-refractivity contribution < 1.29 is 13.9 Å². The smallest absolute Gasteiger partial charge is 0.272 e. The minimum atomic E-state index is -0.874. The van der Waals surface area contributed by atoms with Gasteiger partial charge in [-0.2, -0.15) is 0 Å². The van der Waals surface area contributed by atoms with Gasteiger partial charge in [-0.05, 0) is 48.6 Å². The quantitative estimate of drug-likeness (QED) is 0.222. The maximum Gasteiger partial charge on any atom is 0.272 e. The number of amides is 1. The summed E-state index contributed by atoms with van der Waals surface area (Å²) < 4.78 is 21.1. The molecule has 0 aliphatic carbocycles. The number of likely N-dealkylation sites (tertiary alicyclic amines) is 1. The van der Waals surface area contributed by atoms with Crippen molar-refractivity contribution in [2.45, 2.75) is 32.5 Å². The Balaban J connectivity index is 1.56. The minimum absolute atomic E-state index is 0.0679. The van der Waals surface area contributed by atoms with Gasteiger partial charge in [0.2, 0.25) is 5.90 Å². The van der Waals surface area contributed by atoms with Crippen LogP contribution in [-0.4, -0.2) is 47.1 Å². The van der Waals surface area contributed by atoms with Crippen molar-refractivity contribution in [2.75, 3.05) is 19.7 Å². The third kappa shape index (κ3) is 5.12. The van der Waals surface area contributed by atoms with E-state index in [0.717, 1.165) is 27.6 Å². The van der Waals surface area contributed by atoms with E-state index in [4.69, 9.17) is 21.7 Å². The van der Waals surface area contributed by atoms with Gasteiger partial charge in [0, 0.05) is 30.6 Å². The monoisotopic (exact) mass is 517 g/mol. The summed E-state index contributed by atoms with van der Waals surface area (Å²) in [4.78, 5) is 15.4. The fourth-order valence-corrected chi connectivity index (χ4v) is 5.21. The Kier molecular flexibility index (Phi) is 7.28. The number of hydrogen-bond acceptors (Lipinski definition) is 3. The average molecular weight is 518 g/mol. The molecule has 0 bridgehead atoms. The molecule has 1 aliphatic rings. The summed E-state index contributed by atoms with van der Waals surface area (Å²) in [6.45, 7) is 3.38. The predicted molar refractivity (Wildman–Crippen MR) is 146 cm³/mol. The van der Waals surface area contributed by atoms with Crippen LogP contribution < -0.4 is 0 Å². The van der Waals surface area contributed by atoms with E-state index < -0.39 is 6.17 Å². The van der Waals surface area contributed by atoms with E-state index in [1.54, 1.807) is 11.0 Å². The number of piperidine rings is 1. The molecule has 0 radical (unpaired) electrons. The fourth-order valence-electron chi connectivity index (χ4n) is 4.87. The van der Waals surface area contributed by atoms with Gasteiger partial charge < -0.3 is 14.2 Å². The Bertz CT molecular complexity index is 1420. The van der Waals surface area contributed by atoms with E-state index >= 15 is 0 Å². The van der Waals surface area contributed by atoms with Gasteiger partial charge in [0.05, 0.1) is 17.1 Å². The molecule has 1 saturated heterocycles. The van der Waals surface area contributed by atoms with E-state index in [9.17, 15) is 9.18 Å². The van der Waals surface area contributed by atoms with E-state index in [1.165, 1.54) is 0 Å². The number of hydrogen-bond donors (Lipinski definition) is 1. The van der Waals surface area contributed by atoms with Gasteiger partial charge in [0.15, 0.2) is 0 Å². The Hall–Kier alpha value is -3.64. The molecule has 190 valence electrons. The lowest BCUT2D eigenvalue weighted by atomic mass is 10.0. The lowest BCUT2D eigenvalue weighted by molar-refractivity contribution is 0.0657. The predicted octanol–water partition coefficient (Wildman–Crippen LogP) is 6.95. The number of rotatable bonds is 6. The second-order valence-electron chi connectivity index (χ2n) is 9.27. The SMILES string of the molecule is CCOC(=N)c1ccc2c(Cl)c(C(=O)N3CCC(F)CC3)n(Cc3ccc(-c4ccccc4)cc3)c2c1. The first-order chi connectivity index (χ1) is 18.0. The fraction of sp³-hybridized carbons (Fsp3) is 0.267. The molecular weight excluding hydrogens is 489 g/mol. The van der Waals surface area contributed by atoms with Crippen LogP contribution >= 0.6 is 11.6 Å². The summed E-state index contributed by atoms with van der Waals surface area (Å²) in [5.74, 6) is -0.131. The highest BCUT2D eigenvalue weighted by Crippen LogP contribution is 2.34. The first-order valence-corrected chi connectivity index (χ1v) is 12.9. The van der Waals surface area contributed by atoms with Crippen molar-refractivity contribution >= 4 is 34.3 Å². The molecule has 1 aliphatic heterocycles. The average Bonchev–Trinajstić information content (AvgIpc) is 3.20. The van der Waals surface area contributed by atoms with Gasteiger partial charge in [-0.3, -0.25) is 10.2 Å². The van der Waals surface area contributed by atoms with Gasteiger partial charge in [-0.1, -0.05) is 72.3 Å². The molecule has 2 heterocycles. The highest BCUT2D eigenvalue weighted by molar-refractivity contribution is 6.39. The molecule has 0 unspecified atom stereocenters. The molecule has 5 rings (SSSR count). The molecule has 1 fully saturated rings. The summed E-state index contributed by atoms with van der Waals surface area (Å²) in [6, 6.07) is 23.9. The standard InChI is InChI=1S/C30H29ClFN3O2/c1-2-37-29(33)23-12-13-25-26(18-23)35(28(27(25)31)30(36)34-16-14-24(32)15-17-34)19-20-8-10-22(11-9-20)21-6-4-3-5-7-21/h3-13,18,24,33H,2,14-17,19H2,1H3. The Labute approximate surface area is 220 Å². The highest BCUT2D eigenvalue weighted by atomic mass is 35.5. The molecule has 3 aromatic carbocycles. The van der Waals surface area contributed by atoms with E-state index in [0.29, 0.717) is 55.4 Å². The highest BCUT2D eigenvalue weighted by Gasteiger charge is 2.29. The maximum atomic E-state index is 13.8. The Morgan fingerprint density at radius 2 is 1.70 bits per heavy atom. The maximum absolute atomic E-state index is 13.8. The summed E-state index contributed by atoms with van der Waals surface area (Å²) in [6.07, 6.45) is -0.207. The van der Waals surface area contributed by atoms with Crippen molar-refractivity contribution in [3.05, 3.63) is 94.6 Å². The van der Waals surface area contributed by atoms with E-state index in [2.05, 4.69) is 36.4 Å². The van der Waals surface area contributed by atoms with Gasteiger partial charge in [-0.15, -0.1) is 0 Å². The van der Waals surface area contributed by atoms with Crippen LogP contribution in [0.1, 0.15) is 41.4 Å². The second-order valence-corrected chi connectivity index (χ2v) is 9.65. The van der Waals surface area contributed by atoms with Crippen molar-refractivity contribution in [1.29, 1.82) is 5.41 Å². The van der Waals surface area contributed by atoms with Crippen LogP contribution in [0.3, 0.4) is 0 Å². The number of halogens is 2. The van der Waals surface area contributed by atoms with Gasteiger partial charge >= 0.3 is 0 Å². The molecule has 1 amide bonds. The number of nitrogens with one attached hydrogen (secondary N) is 1. The molecular formula is C30H29ClFN3O2. The van der Waals surface area contributed by atoms with Crippen LogP contribution in [0.2, 0.25) is 5.02 Å². The van der Waals surface area contributed by atoms with Crippen LogP contribution in [-0.2, 0) is 11.3 Å². The number of fused-ring (bicyclic) bond motifs is 1. The molecule has 0 saturated carbocycles. The van der Waals surface area contributed by atoms with Crippen LogP contribution in [0, 0.1) is 5.41 Å². The Morgan fingerprint density at radius 3 is 2.38 bits per heavy atom. The van der Waals surface area contributed by atoms with Crippen LogP contribution in [0.15, 0.2) is 72.8 Å². The van der Waals surface area contributed by atoms with E-state index in [1.807, 2.05) is 41.8 Å². The third-order valence-corrected chi connectivity index (χ3v) is 7.25. The van der Waals surface area contributed by atoms with E-state index in [-0.39, 0.29) is 11.8 Å². The molecule has 7 heteroatoms. The number of ether oxygens (including phenoxy) is 1. The summed E-state index contributed by atoms with van der Waals surface area (Å²) in [5, 5.41) is 9.36. The van der Waals surface area contributed by atoms with Gasteiger partial charge in [0.1, 0.15) is 11.9 Å². The van der Waals surface area contributed by atoms with Crippen molar-refractivity contribution in [3.8, 4) is 11.1 Å². The van der Waals surface area contributed by atoms with Crippen LogP contribution in [0.4, 0.5) is 4.39 Å². The first-order valence-electron chi connectivity index (χ1n) is 12.6. The van der Waals surface area contributed by atoms with Crippen molar-refractivity contribution in [3.63, 3.8) is 0 Å². The largest absolute Gasteiger partial charge is 0.478 e. The molecule has 37 heavy (non-hydrogen) atoms. The molecule has 5 nitrogen and oxygen atoms in total. The summed E-state index contributed by atoms with van der Waals surface area (Å²) in [5.41, 5.74) is 5.01. The third-order valence-electron chi connectivity index (χ3n) is 6.87. The van der Waals surface area contributed by atoms with Crippen LogP contribution in [0.5, 0.6) is 0 Å². The summed E-state index contributed by atoms with van der Waals surface area (Å²) >= 11 is 6.84. The number of carbonyl (C=O) groups is 1. The van der Waals surface area contributed by atoms with Gasteiger partial charge in [0.25, 0.3) is 5.91 Å². The minimum Gasteiger partial charge on any atom is -0.478 e. The lowest BCUT2D eigenvalue weighted by Crippen LogP contribution is -2.40. The zero-order valence-electron chi connectivity index (χ0n) is 20.7. The Morgan fingerprint density at radius 1 is 1.03 bits per heavy atom. The number of nitrogens with zero attached hydrogens (tertiary/aromatic N) is 2. The molecule has 4 aromatic rings. The number of aromatic nitrogens is 1. The van der Waals surface area contributed by atoms with Crippen molar-refractivity contribution in [1.82, 2.24) is 9.47 Å². The molecule has 1 aromatic heterocycles. The van der Waals surface area contributed by atoms with Crippen molar-refractivity contribution in [2.24, 2.45) is 0 Å². The number of benzene rings is 3. The molecule has 0 atom stereocenters. The topological polar surface area (TPSA) is 58.3 Å². The van der Waals surface area contributed by atoms with Gasteiger partial charge in [-0.25, -0.2) is 4.39 Å². The second kappa shape index (κ2) is 10.8.